The van der Waals surface area contributed by atoms with E-state index in [0.29, 0.717) is 35.7 Å². The molecule has 29 heavy (non-hydrogen) atoms. The summed E-state index contributed by atoms with van der Waals surface area (Å²) in [5.41, 5.74) is 1.28. The summed E-state index contributed by atoms with van der Waals surface area (Å²) in [4.78, 5) is 12.7. The van der Waals surface area contributed by atoms with Crippen LogP contribution < -0.4 is 10.1 Å². The minimum Gasteiger partial charge on any atom is -0.480 e. The highest BCUT2D eigenvalue weighted by molar-refractivity contribution is 7.89. The van der Waals surface area contributed by atoms with Gasteiger partial charge < -0.3 is 10.1 Å². The lowest BCUT2D eigenvalue weighted by Gasteiger charge is -2.21. The Morgan fingerprint density at radius 2 is 1.86 bits per heavy atom. The number of carbonyl (C=O) groups is 1. The number of benzene rings is 2. The summed E-state index contributed by atoms with van der Waals surface area (Å²) < 4.78 is 32.7. The van der Waals surface area contributed by atoms with Gasteiger partial charge in [0.1, 0.15) is 11.8 Å². The van der Waals surface area contributed by atoms with Gasteiger partial charge in [-0.3, -0.25) is 4.79 Å². The quantitative estimate of drug-likeness (QED) is 0.713. The maximum absolute atomic E-state index is 12.9. The van der Waals surface area contributed by atoms with Gasteiger partial charge in [0.2, 0.25) is 10.0 Å². The van der Waals surface area contributed by atoms with Crippen molar-refractivity contribution in [3.8, 4) is 11.8 Å². The van der Waals surface area contributed by atoms with E-state index in [2.05, 4.69) is 5.32 Å². The lowest BCUT2D eigenvalue weighted by molar-refractivity contribution is -0.122. The van der Waals surface area contributed by atoms with E-state index in [9.17, 15) is 13.2 Å². The van der Waals surface area contributed by atoms with Crippen molar-refractivity contribution in [1.82, 2.24) is 4.31 Å². The first-order chi connectivity index (χ1) is 13.7. The number of nitriles is 1. The van der Waals surface area contributed by atoms with Crippen LogP contribution in [0.2, 0.25) is 0 Å². The van der Waals surface area contributed by atoms with Gasteiger partial charge in [0.05, 0.1) is 10.5 Å². The third kappa shape index (κ3) is 5.13. The SMILES string of the molecule is CCN(CC)S(=O)(=O)c1cc(NC(=O)[C@H](C)Oc2ccccc2C#N)ccc1C. The fourth-order valence-corrected chi connectivity index (χ4v) is 4.52. The maximum Gasteiger partial charge on any atom is 0.265 e. The second-order valence-corrected chi connectivity index (χ2v) is 8.33. The van der Waals surface area contributed by atoms with E-state index >= 15 is 0 Å². The number of ether oxygens (including phenoxy) is 1. The van der Waals surface area contributed by atoms with Crippen LogP contribution in [0, 0.1) is 18.3 Å². The largest absolute Gasteiger partial charge is 0.480 e. The molecule has 7 nitrogen and oxygen atoms in total. The van der Waals surface area contributed by atoms with Gasteiger partial charge >= 0.3 is 0 Å². The maximum atomic E-state index is 12.9. The molecule has 8 heteroatoms. The van der Waals surface area contributed by atoms with Crippen LogP contribution in [0.3, 0.4) is 0 Å². The Morgan fingerprint density at radius 3 is 2.48 bits per heavy atom. The van der Waals surface area contributed by atoms with Gasteiger partial charge in [0.15, 0.2) is 6.10 Å². The van der Waals surface area contributed by atoms with E-state index in [4.69, 9.17) is 10.00 Å². The lowest BCUT2D eigenvalue weighted by atomic mass is 10.2. The molecule has 0 heterocycles. The molecule has 0 radical (unpaired) electrons. The molecule has 1 atom stereocenters. The van der Waals surface area contributed by atoms with Crippen molar-refractivity contribution in [3.05, 3.63) is 53.6 Å². The Bertz CT molecular complexity index is 1020. The van der Waals surface area contributed by atoms with Gasteiger partial charge in [0, 0.05) is 18.8 Å². The molecule has 0 saturated heterocycles. The van der Waals surface area contributed by atoms with Gasteiger partial charge in [-0.2, -0.15) is 9.57 Å². The van der Waals surface area contributed by atoms with E-state index in [1.165, 1.54) is 10.4 Å². The number of nitrogens with one attached hydrogen (secondary N) is 1. The monoisotopic (exact) mass is 415 g/mol. The molecular weight excluding hydrogens is 390 g/mol. The molecule has 0 saturated carbocycles. The summed E-state index contributed by atoms with van der Waals surface area (Å²) in [6, 6.07) is 13.4. The molecule has 2 rings (SSSR count). The first kappa shape index (κ1) is 22.4. The Balaban J connectivity index is 2.22. The minimum absolute atomic E-state index is 0.155. The normalized spacial score (nSPS) is 12.3. The van der Waals surface area contributed by atoms with Gasteiger partial charge in [0.25, 0.3) is 5.91 Å². The number of sulfonamides is 1. The van der Waals surface area contributed by atoms with Crippen LogP contribution >= 0.6 is 0 Å². The molecule has 0 unspecified atom stereocenters. The Morgan fingerprint density at radius 1 is 1.21 bits per heavy atom. The molecule has 0 aliphatic carbocycles. The molecule has 1 amide bonds. The fraction of sp³-hybridized carbons (Fsp3) is 0.333. The second-order valence-electron chi connectivity index (χ2n) is 6.43. The second kappa shape index (κ2) is 9.54. The van der Waals surface area contributed by atoms with E-state index in [-0.39, 0.29) is 4.90 Å². The third-order valence-electron chi connectivity index (χ3n) is 4.46. The summed E-state index contributed by atoms with van der Waals surface area (Å²) >= 11 is 0. The average molecular weight is 416 g/mol. The van der Waals surface area contributed by atoms with Crippen LogP contribution in [-0.4, -0.2) is 37.8 Å². The van der Waals surface area contributed by atoms with Gasteiger partial charge in [-0.1, -0.05) is 32.0 Å². The summed E-state index contributed by atoms with van der Waals surface area (Å²) in [6.45, 7) is 7.55. The molecular formula is C21H25N3O4S. The first-order valence-electron chi connectivity index (χ1n) is 9.32. The standard InChI is InChI=1S/C21H25N3O4S/c1-5-24(6-2)29(26,27)20-13-18(12-11-15(20)3)23-21(25)16(4)28-19-10-8-7-9-17(19)14-22/h7-13,16H,5-6H2,1-4H3,(H,23,25)/t16-/m0/s1. The Kier molecular flexibility index (Phi) is 7.37. The summed E-state index contributed by atoms with van der Waals surface area (Å²) in [6.07, 6.45) is -0.881. The zero-order valence-corrected chi connectivity index (χ0v) is 17.8. The molecule has 0 aliphatic rings. The smallest absolute Gasteiger partial charge is 0.265 e. The van der Waals surface area contributed by atoms with Crippen molar-refractivity contribution < 1.29 is 17.9 Å². The number of rotatable bonds is 8. The molecule has 2 aromatic rings. The number of hydrogen-bond donors (Lipinski definition) is 1. The topological polar surface area (TPSA) is 99.5 Å². The summed E-state index contributed by atoms with van der Waals surface area (Å²) in [5.74, 6) is -0.140. The Hall–Kier alpha value is -2.89. The van der Waals surface area contributed by atoms with Crippen molar-refractivity contribution >= 4 is 21.6 Å². The molecule has 1 N–H and O–H groups in total. The minimum atomic E-state index is -3.65. The highest BCUT2D eigenvalue weighted by Gasteiger charge is 2.24. The number of anilines is 1. The van der Waals surface area contributed by atoms with E-state index in [0.717, 1.165) is 0 Å². The average Bonchev–Trinajstić information content (AvgIpc) is 2.70. The van der Waals surface area contributed by atoms with Gasteiger partial charge in [-0.15, -0.1) is 0 Å². The highest BCUT2D eigenvalue weighted by atomic mass is 32.2. The Labute approximate surface area is 172 Å². The van der Waals surface area contributed by atoms with Crippen LogP contribution in [0.15, 0.2) is 47.4 Å². The number of hydrogen-bond acceptors (Lipinski definition) is 5. The molecule has 0 spiro atoms. The van der Waals surface area contributed by atoms with E-state index in [1.807, 2.05) is 6.07 Å². The zero-order chi connectivity index (χ0) is 21.6. The van der Waals surface area contributed by atoms with Crippen LogP contribution in [0.4, 0.5) is 5.69 Å². The molecule has 0 aliphatic heterocycles. The van der Waals surface area contributed by atoms with E-state index < -0.39 is 22.0 Å². The van der Waals surface area contributed by atoms with Crippen molar-refractivity contribution in [3.63, 3.8) is 0 Å². The number of aryl methyl sites for hydroxylation is 1. The molecule has 0 aromatic heterocycles. The molecule has 0 bridgehead atoms. The predicted molar refractivity (Wildman–Crippen MR) is 111 cm³/mol. The predicted octanol–water partition coefficient (Wildman–Crippen LogP) is 3.30. The van der Waals surface area contributed by atoms with Crippen molar-refractivity contribution in [1.29, 1.82) is 5.26 Å². The first-order valence-corrected chi connectivity index (χ1v) is 10.8. The number of nitrogens with zero attached hydrogens (tertiary/aromatic N) is 2. The molecule has 154 valence electrons. The number of amides is 1. The number of para-hydroxylation sites is 1. The fourth-order valence-electron chi connectivity index (χ4n) is 2.81. The van der Waals surface area contributed by atoms with Crippen LogP contribution in [-0.2, 0) is 14.8 Å². The molecule has 2 aromatic carbocycles. The van der Waals surface area contributed by atoms with Crippen molar-refractivity contribution in [2.45, 2.75) is 38.7 Å². The van der Waals surface area contributed by atoms with Gasteiger partial charge in [-0.25, -0.2) is 8.42 Å². The summed E-state index contributed by atoms with van der Waals surface area (Å²) in [7, 11) is -3.65. The van der Waals surface area contributed by atoms with Crippen LogP contribution in [0.25, 0.3) is 0 Å². The molecule has 0 fully saturated rings. The van der Waals surface area contributed by atoms with Crippen molar-refractivity contribution in [2.24, 2.45) is 0 Å². The van der Waals surface area contributed by atoms with Crippen LogP contribution in [0.5, 0.6) is 5.75 Å². The van der Waals surface area contributed by atoms with Crippen molar-refractivity contribution in [2.75, 3.05) is 18.4 Å². The van der Waals surface area contributed by atoms with E-state index in [1.54, 1.807) is 64.1 Å². The third-order valence-corrected chi connectivity index (χ3v) is 6.65. The van der Waals surface area contributed by atoms with Crippen LogP contribution in [0.1, 0.15) is 31.9 Å². The zero-order valence-electron chi connectivity index (χ0n) is 17.0. The summed E-state index contributed by atoms with van der Waals surface area (Å²) in [5, 5.41) is 11.8. The number of carbonyl (C=O) groups excluding carboxylic acids is 1. The lowest BCUT2D eigenvalue weighted by Crippen LogP contribution is -2.32. The highest BCUT2D eigenvalue weighted by Crippen LogP contribution is 2.24. The van der Waals surface area contributed by atoms with Gasteiger partial charge in [-0.05, 0) is 43.7 Å².